The van der Waals surface area contributed by atoms with Crippen molar-refractivity contribution in [2.24, 2.45) is 0 Å². The molecule has 0 saturated heterocycles. The Hall–Kier alpha value is -2.77. The number of rotatable bonds is 5. The van der Waals surface area contributed by atoms with E-state index in [1.807, 2.05) is 74.5 Å². The van der Waals surface area contributed by atoms with Gasteiger partial charge in [-0.25, -0.2) is 15.0 Å². The van der Waals surface area contributed by atoms with Crippen LogP contribution in [0.15, 0.2) is 65.7 Å². The van der Waals surface area contributed by atoms with Gasteiger partial charge in [-0.2, -0.15) is 0 Å². The molecule has 2 aromatic heterocycles. The van der Waals surface area contributed by atoms with Crippen LogP contribution in [0.1, 0.15) is 12.7 Å². The summed E-state index contributed by atoms with van der Waals surface area (Å²) in [5.41, 5.74) is 2.78. The molecule has 5 nitrogen and oxygen atoms in total. The van der Waals surface area contributed by atoms with E-state index < -0.39 is 0 Å². The SMILES string of the molecule is Cc1nc(SC(C)C(=O)Nc2nc3ccccc3s2)cc(-c2ccccc2)n1. The minimum atomic E-state index is -0.315. The highest BCUT2D eigenvalue weighted by Crippen LogP contribution is 2.29. The maximum Gasteiger partial charge on any atom is 0.239 e. The number of aryl methyl sites for hydroxylation is 1. The topological polar surface area (TPSA) is 67.8 Å². The van der Waals surface area contributed by atoms with Gasteiger partial charge >= 0.3 is 0 Å². The number of aromatic nitrogens is 3. The Morgan fingerprint density at radius 2 is 1.79 bits per heavy atom. The van der Waals surface area contributed by atoms with Crippen molar-refractivity contribution in [3.63, 3.8) is 0 Å². The second-order valence-electron chi connectivity index (χ2n) is 6.24. The molecule has 4 rings (SSSR count). The van der Waals surface area contributed by atoms with Crippen LogP contribution in [0.4, 0.5) is 5.13 Å². The second kappa shape index (κ2) is 8.08. The van der Waals surface area contributed by atoms with Crippen molar-refractivity contribution in [3.05, 3.63) is 66.5 Å². The zero-order chi connectivity index (χ0) is 19.5. The summed E-state index contributed by atoms with van der Waals surface area (Å²) in [6, 6.07) is 19.7. The minimum Gasteiger partial charge on any atom is -0.301 e. The number of anilines is 1. The molecule has 0 saturated carbocycles. The van der Waals surface area contributed by atoms with Crippen LogP contribution in [-0.2, 0) is 4.79 Å². The van der Waals surface area contributed by atoms with Gasteiger partial charge in [0.05, 0.1) is 21.2 Å². The van der Waals surface area contributed by atoms with Gasteiger partial charge in [-0.1, -0.05) is 65.6 Å². The molecule has 0 aliphatic rings. The van der Waals surface area contributed by atoms with E-state index in [1.54, 1.807) is 0 Å². The van der Waals surface area contributed by atoms with E-state index >= 15 is 0 Å². The molecule has 7 heteroatoms. The van der Waals surface area contributed by atoms with Crippen LogP contribution < -0.4 is 5.32 Å². The molecule has 0 bridgehead atoms. The van der Waals surface area contributed by atoms with Gasteiger partial charge in [0.1, 0.15) is 10.9 Å². The largest absolute Gasteiger partial charge is 0.301 e. The molecule has 1 unspecified atom stereocenters. The molecule has 2 aromatic carbocycles. The predicted octanol–water partition coefficient (Wildman–Crippen LogP) is 5.18. The van der Waals surface area contributed by atoms with E-state index in [4.69, 9.17) is 0 Å². The number of fused-ring (bicyclic) bond motifs is 1. The summed E-state index contributed by atoms with van der Waals surface area (Å²) in [4.78, 5) is 26.1. The lowest BCUT2D eigenvalue weighted by atomic mass is 10.1. The summed E-state index contributed by atoms with van der Waals surface area (Å²) in [7, 11) is 0. The van der Waals surface area contributed by atoms with Crippen molar-refractivity contribution >= 4 is 44.4 Å². The molecular weight excluding hydrogens is 388 g/mol. The number of thioether (sulfide) groups is 1. The summed E-state index contributed by atoms with van der Waals surface area (Å²) < 4.78 is 1.05. The first kappa shape index (κ1) is 18.6. The van der Waals surface area contributed by atoms with Gasteiger partial charge in [0.2, 0.25) is 5.91 Å². The van der Waals surface area contributed by atoms with Gasteiger partial charge in [0, 0.05) is 5.56 Å². The third kappa shape index (κ3) is 4.21. The zero-order valence-electron chi connectivity index (χ0n) is 15.4. The summed E-state index contributed by atoms with van der Waals surface area (Å²) in [6.07, 6.45) is 0. The van der Waals surface area contributed by atoms with Crippen molar-refractivity contribution in [1.82, 2.24) is 15.0 Å². The fraction of sp³-hybridized carbons (Fsp3) is 0.143. The van der Waals surface area contributed by atoms with Gasteiger partial charge in [-0.15, -0.1) is 0 Å². The fourth-order valence-electron chi connectivity index (χ4n) is 2.72. The van der Waals surface area contributed by atoms with Crippen LogP contribution >= 0.6 is 23.1 Å². The number of benzene rings is 2. The smallest absolute Gasteiger partial charge is 0.239 e. The van der Waals surface area contributed by atoms with Crippen molar-refractivity contribution in [1.29, 1.82) is 0 Å². The molecule has 0 spiro atoms. The molecule has 2 heterocycles. The summed E-state index contributed by atoms with van der Waals surface area (Å²) in [5.74, 6) is 0.587. The first-order valence-electron chi connectivity index (χ1n) is 8.83. The van der Waals surface area contributed by atoms with E-state index in [9.17, 15) is 4.79 Å². The summed E-state index contributed by atoms with van der Waals surface area (Å²) in [6.45, 7) is 3.73. The van der Waals surface area contributed by atoms with Gasteiger partial charge in [-0.3, -0.25) is 4.79 Å². The Bertz CT molecular complexity index is 1090. The number of hydrogen-bond donors (Lipinski definition) is 1. The number of amides is 1. The third-order valence-corrected chi connectivity index (χ3v) is 6.04. The molecule has 1 amide bonds. The minimum absolute atomic E-state index is 0.0958. The highest BCUT2D eigenvalue weighted by atomic mass is 32.2. The predicted molar refractivity (Wildman–Crippen MR) is 116 cm³/mol. The van der Waals surface area contributed by atoms with Crippen molar-refractivity contribution < 1.29 is 4.79 Å². The number of hydrogen-bond acceptors (Lipinski definition) is 6. The molecule has 0 radical (unpaired) electrons. The number of carbonyl (C=O) groups excluding carboxylic acids is 1. The van der Waals surface area contributed by atoms with E-state index in [1.165, 1.54) is 23.1 Å². The third-order valence-electron chi connectivity index (χ3n) is 4.07. The summed E-state index contributed by atoms with van der Waals surface area (Å²) >= 11 is 2.89. The molecule has 1 N–H and O–H groups in total. The highest BCUT2D eigenvalue weighted by molar-refractivity contribution is 8.00. The number of nitrogens with zero attached hydrogens (tertiary/aromatic N) is 3. The second-order valence-corrected chi connectivity index (χ2v) is 8.63. The Kier molecular flexibility index (Phi) is 5.36. The standard InChI is InChI=1S/C21H18N4OS2/c1-13(20(26)25-21-24-16-10-6-7-11-18(16)28-21)27-19-12-17(22-14(2)23-19)15-8-4-3-5-9-15/h3-13H,1-2H3,(H,24,25,26). The average molecular weight is 407 g/mol. The molecule has 140 valence electrons. The van der Waals surface area contributed by atoms with Crippen molar-refractivity contribution in [2.45, 2.75) is 24.1 Å². The zero-order valence-corrected chi connectivity index (χ0v) is 17.1. The van der Waals surface area contributed by atoms with Crippen LogP contribution in [0.5, 0.6) is 0 Å². The number of thiazole rings is 1. The lowest BCUT2D eigenvalue weighted by molar-refractivity contribution is -0.115. The van der Waals surface area contributed by atoms with Crippen molar-refractivity contribution in [3.8, 4) is 11.3 Å². The quantitative estimate of drug-likeness (QED) is 0.365. The van der Waals surface area contributed by atoms with Gasteiger partial charge in [0.25, 0.3) is 0 Å². The molecule has 4 aromatic rings. The van der Waals surface area contributed by atoms with Crippen LogP contribution in [0.3, 0.4) is 0 Å². The number of para-hydroxylation sites is 1. The maximum atomic E-state index is 12.6. The normalized spacial score (nSPS) is 12.1. The first-order chi connectivity index (χ1) is 13.6. The average Bonchev–Trinajstić information content (AvgIpc) is 3.10. The van der Waals surface area contributed by atoms with E-state index in [0.29, 0.717) is 11.0 Å². The van der Waals surface area contributed by atoms with E-state index in [2.05, 4.69) is 20.3 Å². The Labute approximate surface area is 171 Å². The molecule has 0 aliphatic heterocycles. The van der Waals surface area contributed by atoms with E-state index in [0.717, 1.165) is 26.5 Å². The molecule has 1 atom stereocenters. The lowest BCUT2D eigenvalue weighted by Crippen LogP contribution is -2.22. The Morgan fingerprint density at radius 3 is 2.57 bits per heavy atom. The van der Waals surface area contributed by atoms with Gasteiger partial charge < -0.3 is 5.32 Å². The molecule has 28 heavy (non-hydrogen) atoms. The first-order valence-corrected chi connectivity index (χ1v) is 10.5. The van der Waals surface area contributed by atoms with Gasteiger partial charge in [-0.05, 0) is 32.0 Å². The Morgan fingerprint density at radius 1 is 1.04 bits per heavy atom. The van der Waals surface area contributed by atoms with Crippen molar-refractivity contribution in [2.75, 3.05) is 5.32 Å². The van der Waals surface area contributed by atoms with Crippen LogP contribution in [0.25, 0.3) is 21.5 Å². The van der Waals surface area contributed by atoms with E-state index in [-0.39, 0.29) is 11.2 Å². The van der Waals surface area contributed by atoms with Crippen LogP contribution in [-0.4, -0.2) is 26.1 Å². The number of carbonyl (C=O) groups is 1. The summed E-state index contributed by atoms with van der Waals surface area (Å²) in [5, 5.41) is 3.99. The molecule has 0 aliphatic carbocycles. The maximum absolute atomic E-state index is 12.6. The molecule has 0 fully saturated rings. The van der Waals surface area contributed by atoms with Gasteiger partial charge in [0.15, 0.2) is 5.13 Å². The lowest BCUT2D eigenvalue weighted by Gasteiger charge is -2.11. The molecular formula is C21H18N4OS2. The number of nitrogens with one attached hydrogen (secondary N) is 1. The fourth-order valence-corrected chi connectivity index (χ4v) is 4.49. The van der Waals surface area contributed by atoms with Crippen LogP contribution in [0.2, 0.25) is 0 Å². The highest BCUT2D eigenvalue weighted by Gasteiger charge is 2.18. The Balaban J connectivity index is 1.49. The van der Waals surface area contributed by atoms with Crippen LogP contribution in [0, 0.1) is 6.92 Å². The monoisotopic (exact) mass is 406 g/mol.